The van der Waals surface area contributed by atoms with Gasteiger partial charge in [0.25, 0.3) is 11.8 Å². The minimum absolute atomic E-state index is 0.0132. The topological polar surface area (TPSA) is 61.8 Å². The van der Waals surface area contributed by atoms with Gasteiger partial charge in [0.2, 0.25) is 0 Å². The number of hydrogen-bond donors (Lipinski definition) is 1. The maximum atomic E-state index is 15.0. The number of halogens is 2. The lowest BCUT2D eigenvalue weighted by molar-refractivity contribution is -0.129. The molecule has 1 aliphatic carbocycles. The van der Waals surface area contributed by atoms with Crippen LogP contribution in [-0.4, -0.2) is 41.2 Å². The first kappa shape index (κ1) is 28.3. The lowest BCUT2D eigenvalue weighted by atomic mass is 9.69. The van der Waals surface area contributed by atoms with Crippen molar-refractivity contribution in [2.24, 2.45) is 16.3 Å². The predicted octanol–water partition coefficient (Wildman–Crippen LogP) is 6.82. The van der Waals surface area contributed by atoms with E-state index in [1.54, 1.807) is 12.1 Å². The summed E-state index contributed by atoms with van der Waals surface area (Å²) in [5, 5.41) is 2.92. The summed E-state index contributed by atoms with van der Waals surface area (Å²) in [6.45, 7) is 10.0. The molecule has 0 unspecified atom stereocenters. The van der Waals surface area contributed by atoms with Gasteiger partial charge in [-0.25, -0.2) is 4.39 Å². The molecule has 0 bridgehead atoms. The fourth-order valence-corrected chi connectivity index (χ4v) is 5.85. The van der Waals surface area contributed by atoms with Crippen LogP contribution in [0.1, 0.15) is 87.7 Å². The van der Waals surface area contributed by atoms with Gasteiger partial charge in [-0.05, 0) is 79.7 Å². The fraction of sp³-hybridized carbons (Fsp3) is 0.516. The molecule has 2 aromatic carbocycles. The molecule has 1 aliphatic heterocycles. The molecule has 7 heteroatoms. The third-order valence-electron chi connectivity index (χ3n) is 8.14. The zero-order valence-corrected chi connectivity index (χ0v) is 23.7. The van der Waals surface area contributed by atoms with E-state index in [9.17, 15) is 14.0 Å². The first-order chi connectivity index (χ1) is 18.1. The smallest absolute Gasteiger partial charge is 0.274 e. The second kappa shape index (κ2) is 11.6. The van der Waals surface area contributed by atoms with E-state index in [1.807, 2.05) is 29.2 Å². The quantitative estimate of drug-likeness (QED) is 0.374. The van der Waals surface area contributed by atoms with Crippen molar-refractivity contribution >= 4 is 29.1 Å². The highest BCUT2D eigenvalue weighted by molar-refractivity contribution is 6.47. The highest BCUT2D eigenvalue weighted by Crippen LogP contribution is 2.46. The molecule has 0 saturated heterocycles. The van der Waals surface area contributed by atoms with Crippen LogP contribution in [0.5, 0.6) is 0 Å². The maximum Gasteiger partial charge on any atom is 0.274 e. The normalized spacial score (nSPS) is 21.6. The maximum absolute atomic E-state index is 15.0. The van der Waals surface area contributed by atoms with Gasteiger partial charge in [-0.15, -0.1) is 0 Å². The van der Waals surface area contributed by atoms with Gasteiger partial charge in [0, 0.05) is 24.2 Å². The lowest BCUT2D eigenvalue weighted by Gasteiger charge is -2.45. The van der Waals surface area contributed by atoms with Crippen molar-refractivity contribution < 1.29 is 14.0 Å². The molecule has 1 heterocycles. The van der Waals surface area contributed by atoms with E-state index in [4.69, 9.17) is 16.6 Å². The summed E-state index contributed by atoms with van der Waals surface area (Å²) in [7, 11) is 0. The summed E-state index contributed by atoms with van der Waals surface area (Å²) in [6, 6.07) is 12.3. The molecular weight excluding hydrogens is 501 g/mol. The molecule has 38 heavy (non-hydrogen) atoms. The molecule has 0 atom stereocenters. The van der Waals surface area contributed by atoms with Crippen LogP contribution in [0.3, 0.4) is 0 Å². The Balaban J connectivity index is 1.53. The van der Waals surface area contributed by atoms with Gasteiger partial charge < -0.3 is 10.2 Å². The summed E-state index contributed by atoms with van der Waals surface area (Å²) in [5.41, 5.74) is 1.51. The van der Waals surface area contributed by atoms with Crippen LogP contribution in [0, 0.1) is 17.2 Å². The Kier molecular flexibility index (Phi) is 8.61. The number of aliphatic imine (C=N–C) groups is 1. The van der Waals surface area contributed by atoms with Crippen LogP contribution >= 0.6 is 11.6 Å². The Labute approximate surface area is 230 Å². The van der Waals surface area contributed by atoms with Crippen molar-refractivity contribution in [2.45, 2.75) is 78.3 Å². The lowest BCUT2D eigenvalue weighted by Crippen LogP contribution is -2.50. The highest BCUT2D eigenvalue weighted by atomic mass is 35.5. The Morgan fingerprint density at radius 2 is 1.84 bits per heavy atom. The van der Waals surface area contributed by atoms with Gasteiger partial charge in [0.1, 0.15) is 11.4 Å². The summed E-state index contributed by atoms with van der Waals surface area (Å²) in [6.07, 6.45) is 6.03. The fourth-order valence-electron chi connectivity index (χ4n) is 5.68. The predicted molar refractivity (Wildman–Crippen MR) is 151 cm³/mol. The monoisotopic (exact) mass is 539 g/mol. The number of nitrogens with one attached hydrogen (secondary N) is 1. The largest absolute Gasteiger partial charge is 0.352 e. The standard InChI is InChI=1S/C31H39ClFN3O2/c1-5-6-19-34-28(37)22-12-10-21(11-13-22)16-20-36-29(38)27(24-8-7-9-25(32)26(24)33)35-31(36)17-14-23(15-18-31)30(2,3)4/h7-13,23H,5-6,14-20H2,1-4H3,(H,34,37). The van der Waals surface area contributed by atoms with Crippen molar-refractivity contribution in [2.75, 3.05) is 13.1 Å². The van der Waals surface area contributed by atoms with Gasteiger partial charge >= 0.3 is 0 Å². The minimum atomic E-state index is -0.665. The zero-order chi connectivity index (χ0) is 27.5. The van der Waals surface area contributed by atoms with E-state index in [0.717, 1.165) is 44.1 Å². The summed E-state index contributed by atoms with van der Waals surface area (Å²) in [4.78, 5) is 32.9. The van der Waals surface area contributed by atoms with Crippen molar-refractivity contribution in [3.8, 4) is 0 Å². The van der Waals surface area contributed by atoms with Crippen LogP contribution in [-0.2, 0) is 11.2 Å². The Morgan fingerprint density at radius 1 is 1.16 bits per heavy atom. The summed E-state index contributed by atoms with van der Waals surface area (Å²) < 4.78 is 15.0. The highest BCUT2D eigenvalue weighted by Gasteiger charge is 2.50. The van der Waals surface area contributed by atoms with Gasteiger partial charge in [-0.2, -0.15) is 0 Å². The van der Waals surface area contributed by atoms with E-state index in [-0.39, 0.29) is 33.5 Å². The number of nitrogens with zero attached hydrogens (tertiary/aromatic N) is 2. The van der Waals surface area contributed by atoms with Crippen molar-refractivity contribution in [3.63, 3.8) is 0 Å². The van der Waals surface area contributed by atoms with E-state index in [1.165, 1.54) is 6.07 Å². The second-order valence-corrected chi connectivity index (χ2v) is 12.1. The first-order valence-electron chi connectivity index (χ1n) is 13.8. The van der Waals surface area contributed by atoms with E-state index >= 15 is 0 Å². The molecule has 1 fully saturated rings. The molecule has 1 N–H and O–H groups in total. The number of rotatable bonds is 8. The summed E-state index contributed by atoms with van der Waals surface area (Å²) >= 11 is 6.05. The van der Waals surface area contributed by atoms with E-state index < -0.39 is 11.5 Å². The van der Waals surface area contributed by atoms with E-state index in [2.05, 4.69) is 33.0 Å². The van der Waals surface area contributed by atoms with Crippen LogP contribution in [0.15, 0.2) is 47.5 Å². The van der Waals surface area contributed by atoms with Gasteiger partial charge in [-0.1, -0.05) is 63.9 Å². The molecule has 204 valence electrons. The Bertz CT molecular complexity index is 1190. The van der Waals surface area contributed by atoms with Crippen molar-refractivity contribution in [3.05, 3.63) is 70.0 Å². The average Bonchev–Trinajstić information content (AvgIpc) is 3.14. The number of benzene rings is 2. The van der Waals surface area contributed by atoms with Crippen LogP contribution in [0.25, 0.3) is 0 Å². The average molecular weight is 540 g/mol. The van der Waals surface area contributed by atoms with Crippen LogP contribution < -0.4 is 5.32 Å². The number of unbranched alkanes of at least 4 members (excludes halogenated alkanes) is 1. The third kappa shape index (κ3) is 5.96. The van der Waals surface area contributed by atoms with Crippen molar-refractivity contribution in [1.82, 2.24) is 10.2 Å². The number of hydrogen-bond acceptors (Lipinski definition) is 3. The van der Waals surface area contributed by atoms with Crippen molar-refractivity contribution in [1.29, 1.82) is 0 Å². The molecule has 4 rings (SSSR count). The molecular formula is C31H39ClFN3O2. The molecule has 2 aliphatic rings. The van der Waals surface area contributed by atoms with E-state index in [0.29, 0.717) is 31.0 Å². The zero-order valence-electron chi connectivity index (χ0n) is 22.9. The molecule has 5 nitrogen and oxygen atoms in total. The molecule has 1 spiro atoms. The molecule has 1 saturated carbocycles. The van der Waals surface area contributed by atoms with Crippen LogP contribution in [0.2, 0.25) is 5.02 Å². The number of carbonyl (C=O) groups is 2. The third-order valence-corrected chi connectivity index (χ3v) is 8.44. The SMILES string of the molecule is CCCCNC(=O)c1ccc(CCN2C(=O)C(c3cccc(Cl)c3F)=NC23CCC(C(C)(C)C)CC3)cc1. The number of carbonyl (C=O) groups excluding carboxylic acids is 2. The molecule has 0 aromatic heterocycles. The van der Waals surface area contributed by atoms with Crippen LogP contribution in [0.4, 0.5) is 4.39 Å². The molecule has 2 amide bonds. The van der Waals surface area contributed by atoms with Gasteiger partial charge in [0.15, 0.2) is 5.82 Å². The summed E-state index contributed by atoms with van der Waals surface area (Å²) in [5.74, 6) is -0.374. The second-order valence-electron chi connectivity index (χ2n) is 11.7. The Hall–Kier alpha value is -2.73. The molecule has 0 radical (unpaired) electrons. The molecule has 2 aromatic rings. The number of amides is 2. The van der Waals surface area contributed by atoms with Gasteiger partial charge in [0.05, 0.1) is 5.02 Å². The Morgan fingerprint density at radius 3 is 2.47 bits per heavy atom. The van der Waals surface area contributed by atoms with Gasteiger partial charge in [-0.3, -0.25) is 14.6 Å². The minimum Gasteiger partial charge on any atom is -0.352 e. The first-order valence-corrected chi connectivity index (χ1v) is 14.2.